The predicted octanol–water partition coefficient (Wildman–Crippen LogP) is 4.89. The number of anilines is 1. The number of amides is 1. The molecule has 1 aromatic heterocycles. The van der Waals surface area contributed by atoms with E-state index in [2.05, 4.69) is 15.3 Å². The van der Waals surface area contributed by atoms with Gasteiger partial charge >= 0.3 is 0 Å². The van der Waals surface area contributed by atoms with Gasteiger partial charge in [0.25, 0.3) is 0 Å². The van der Waals surface area contributed by atoms with E-state index in [-0.39, 0.29) is 11.2 Å². The molecule has 5 nitrogen and oxygen atoms in total. The van der Waals surface area contributed by atoms with Crippen LogP contribution in [0, 0.1) is 13.8 Å². The van der Waals surface area contributed by atoms with E-state index >= 15 is 0 Å². The first-order valence-electron chi connectivity index (χ1n) is 8.99. The van der Waals surface area contributed by atoms with Crippen LogP contribution in [0.15, 0.2) is 59.8 Å². The van der Waals surface area contributed by atoms with Crippen molar-refractivity contribution in [1.29, 1.82) is 0 Å². The number of nitrogens with one attached hydrogen (secondary N) is 1. The average molecular weight is 394 g/mol. The molecule has 0 radical (unpaired) electrons. The van der Waals surface area contributed by atoms with Gasteiger partial charge in [-0.15, -0.1) is 0 Å². The highest BCUT2D eigenvalue weighted by atomic mass is 32.2. The van der Waals surface area contributed by atoms with Crippen LogP contribution < -0.4 is 10.1 Å². The monoisotopic (exact) mass is 393 g/mol. The van der Waals surface area contributed by atoms with Crippen LogP contribution in [-0.2, 0) is 4.79 Å². The normalized spacial score (nSPS) is 11.7. The Morgan fingerprint density at radius 1 is 1.07 bits per heavy atom. The largest absolute Gasteiger partial charge is 0.495 e. The van der Waals surface area contributed by atoms with E-state index in [0.717, 1.165) is 22.5 Å². The first kappa shape index (κ1) is 19.9. The molecule has 0 aliphatic carbocycles. The number of aromatic nitrogens is 2. The highest BCUT2D eigenvalue weighted by molar-refractivity contribution is 8.00. The smallest absolute Gasteiger partial charge is 0.237 e. The molecule has 0 aliphatic rings. The zero-order valence-corrected chi connectivity index (χ0v) is 17.2. The summed E-state index contributed by atoms with van der Waals surface area (Å²) in [6.45, 7) is 5.75. The predicted molar refractivity (Wildman–Crippen MR) is 114 cm³/mol. The minimum atomic E-state index is -0.365. The average Bonchev–Trinajstić information content (AvgIpc) is 2.68. The van der Waals surface area contributed by atoms with Gasteiger partial charge in [-0.1, -0.05) is 48.2 Å². The molecule has 6 heteroatoms. The first-order valence-corrected chi connectivity index (χ1v) is 9.87. The third-order valence-electron chi connectivity index (χ3n) is 4.17. The van der Waals surface area contributed by atoms with Crippen LogP contribution in [0.1, 0.15) is 18.2 Å². The fraction of sp³-hybridized carbons (Fsp3) is 0.227. The summed E-state index contributed by atoms with van der Waals surface area (Å²) >= 11 is 1.34. The van der Waals surface area contributed by atoms with Crippen molar-refractivity contribution in [2.45, 2.75) is 31.2 Å². The Hall–Kier alpha value is -2.86. The second-order valence-corrected chi connectivity index (χ2v) is 7.80. The molecule has 1 atom stereocenters. The van der Waals surface area contributed by atoms with Gasteiger partial charge in [0.05, 0.1) is 23.7 Å². The minimum Gasteiger partial charge on any atom is -0.495 e. The number of hydrogen-bond acceptors (Lipinski definition) is 5. The van der Waals surface area contributed by atoms with Gasteiger partial charge in [0.2, 0.25) is 5.91 Å². The molecule has 1 N–H and O–H groups in total. The number of ether oxygens (including phenoxy) is 1. The Morgan fingerprint density at radius 3 is 2.54 bits per heavy atom. The number of hydrogen-bond donors (Lipinski definition) is 1. The van der Waals surface area contributed by atoms with Gasteiger partial charge in [-0.3, -0.25) is 4.79 Å². The molecule has 0 saturated carbocycles. The Bertz CT molecular complexity index is 977. The molecule has 144 valence electrons. The number of thioether (sulfide) groups is 1. The van der Waals surface area contributed by atoms with Crippen molar-refractivity contribution in [1.82, 2.24) is 9.97 Å². The number of rotatable bonds is 6. The zero-order chi connectivity index (χ0) is 20.1. The van der Waals surface area contributed by atoms with Crippen molar-refractivity contribution in [3.63, 3.8) is 0 Å². The van der Waals surface area contributed by atoms with Crippen LogP contribution in [0.3, 0.4) is 0 Å². The van der Waals surface area contributed by atoms with Crippen LogP contribution in [-0.4, -0.2) is 28.2 Å². The molecule has 3 aromatic rings. The minimum absolute atomic E-state index is 0.125. The molecule has 0 unspecified atom stereocenters. The molecule has 0 bridgehead atoms. The highest BCUT2D eigenvalue weighted by Crippen LogP contribution is 2.28. The Labute approximate surface area is 169 Å². The number of methoxy groups -OCH3 is 1. The topological polar surface area (TPSA) is 64.1 Å². The van der Waals surface area contributed by atoms with Crippen molar-refractivity contribution in [2.75, 3.05) is 12.4 Å². The summed E-state index contributed by atoms with van der Waals surface area (Å²) in [5.74, 6) is 0.509. The molecule has 3 rings (SSSR count). The lowest BCUT2D eigenvalue weighted by Crippen LogP contribution is -2.23. The van der Waals surface area contributed by atoms with Crippen LogP contribution in [0.25, 0.3) is 11.3 Å². The summed E-state index contributed by atoms with van der Waals surface area (Å²) in [5.41, 5.74) is 4.45. The van der Waals surface area contributed by atoms with Gasteiger partial charge in [-0.25, -0.2) is 9.97 Å². The van der Waals surface area contributed by atoms with Crippen molar-refractivity contribution < 1.29 is 9.53 Å². The molecule has 0 saturated heterocycles. The third kappa shape index (κ3) is 4.89. The maximum atomic E-state index is 12.7. The van der Waals surface area contributed by atoms with Gasteiger partial charge < -0.3 is 10.1 Å². The van der Waals surface area contributed by atoms with Gasteiger partial charge in [-0.05, 0) is 44.5 Å². The number of benzene rings is 2. The third-order valence-corrected chi connectivity index (χ3v) is 5.13. The van der Waals surface area contributed by atoms with E-state index in [0.29, 0.717) is 16.6 Å². The van der Waals surface area contributed by atoms with Gasteiger partial charge in [0.15, 0.2) is 5.16 Å². The molecular weight excluding hydrogens is 370 g/mol. The van der Waals surface area contributed by atoms with E-state index in [1.165, 1.54) is 11.8 Å². The summed E-state index contributed by atoms with van der Waals surface area (Å²) in [4.78, 5) is 21.8. The summed E-state index contributed by atoms with van der Waals surface area (Å²) in [6, 6.07) is 17.6. The second kappa shape index (κ2) is 8.89. The molecular formula is C22H23N3O2S. The quantitative estimate of drug-likeness (QED) is 0.477. The molecule has 2 aromatic carbocycles. The SMILES string of the molecule is COc1ccc(C)cc1NC(=O)[C@@H](C)Sc1nc(C)cc(-c2ccccc2)n1. The highest BCUT2D eigenvalue weighted by Gasteiger charge is 2.18. The molecule has 1 amide bonds. The summed E-state index contributed by atoms with van der Waals surface area (Å²) in [5, 5.41) is 3.16. The van der Waals surface area contributed by atoms with Crippen LogP contribution in [0.2, 0.25) is 0 Å². The lowest BCUT2D eigenvalue weighted by molar-refractivity contribution is -0.115. The summed E-state index contributed by atoms with van der Waals surface area (Å²) in [7, 11) is 1.59. The number of aryl methyl sites for hydroxylation is 2. The van der Waals surface area contributed by atoms with Crippen LogP contribution in [0.5, 0.6) is 5.75 Å². The maximum Gasteiger partial charge on any atom is 0.237 e. The van der Waals surface area contributed by atoms with Crippen molar-refractivity contribution in [2.24, 2.45) is 0 Å². The first-order chi connectivity index (χ1) is 13.5. The Morgan fingerprint density at radius 2 is 1.82 bits per heavy atom. The maximum absolute atomic E-state index is 12.7. The van der Waals surface area contributed by atoms with E-state index in [1.807, 2.05) is 75.4 Å². The van der Waals surface area contributed by atoms with Gasteiger partial charge in [0, 0.05) is 11.3 Å². The zero-order valence-electron chi connectivity index (χ0n) is 16.4. The molecule has 0 fully saturated rings. The van der Waals surface area contributed by atoms with Gasteiger partial charge in [0.1, 0.15) is 5.75 Å². The van der Waals surface area contributed by atoms with Crippen molar-refractivity contribution >= 4 is 23.4 Å². The summed E-state index contributed by atoms with van der Waals surface area (Å²) < 4.78 is 5.33. The van der Waals surface area contributed by atoms with Crippen LogP contribution in [0.4, 0.5) is 5.69 Å². The molecule has 1 heterocycles. The Balaban J connectivity index is 1.76. The van der Waals surface area contributed by atoms with Crippen LogP contribution >= 0.6 is 11.8 Å². The molecule has 28 heavy (non-hydrogen) atoms. The van der Waals surface area contributed by atoms with Crippen molar-refractivity contribution in [3.05, 3.63) is 65.9 Å². The standard InChI is InChI=1S/C22H23N3O2S/c1-14-10-11-20(27-4)19(12-14)24-21(26)16(3)28-22-23-15(2)13-18(25-22)17-8-6-5-7-9-17/h5-13,16H,1-4H3,(H,24,26)/t16-/m1/s1. The van der Waals surface area contributed by atoms with E-state index < -0.39 is 0 Å². The second-order valence-electron chi connectivity index (χ2n) is 6.50. The lowest BCUT2D eigenvalue weighted by Gasteiger charge is -2.14. The summed E-state index contributed by atoms with van der Waals surface area (Å²) in [6.07, 6.45) is 0. The van der Waals surface area contributed by atoms with Crippen molar-refractivity contribution in [3.8, 4) is 17.0 Å². The fourth-order valence-corrected chi connectivity index (χ4v) is 3.55. The molecule has 0 spiro atoms. The Kier molecular flexibility index (Phi) is 6.31. The number of carbonyl (C=O) groups is 1. The van der Waals surface area contributed by atoms with E-state index in [1.54, 1.807) is 7.11 Å². The van der Waals surface area contributed by atoms with E-state index in [9.17, 15) is 4.79 Å². The van der Waals surface area contributed by atoms with E-state index in [4.69, 9.17) is 4.74 Å². The number of carbonyl (C=O) groups excluding carboxylic acids is 1. The number of nitrogens with zero attached hydrogens (tertiary/aromatic N) is 2. The fourth-order valence-electron chi connectivity index (χ4n) is 2.72. The molecule has 0 aliphatic heterocycles. The van der Waals surface area contributed by atoms with Gasteiger partial charge in [-0.2, -0.15) is 0 Å². The lowest BCUT2D eigenvalue weighted by atomic mass is 10.1.